The van der Waals surface area contributed by atoms with Gasteiger partial charge in [0.05, 0.1) is 6.54 Å². The van der Waals surface area contributed by atoms with Gasteiger partial charge in [0.2, 0.25) is 6.33 Å². The summed E-state index contributed by atoms with van der Waals surface area (Å²) in [5.41, 5.74) is 0.0351. The van der Waals surface area contributed by atoms with E-state index >= 15 is 0 Å². The fourth-order valence-electron chi connectivity index (χ4n) is 0.719. The molecule has 16 heavy (non-hydrogen) atoms. The summed E-state index contributed by atoms with van der Waals surface area (Å²) in [5.74, 6) is 0. The fraction of sp³-hybridized carbons (Fsp3) is 0.857. The maximum absolute atomic E-state index is 8.49. The van der Waals surface area contributed by atoms with Crippen LogP contribution in [0.4, 0.5) is 0 Å². The predicted molar refractivity (Wildman–Crippen MR) is 40.9 cm³/mol. The van der Waals surface area contributed by atoms with E-state index in [4.69, 9.17) is 18.6 Å². The number of aryl methyl sites for hydroxylation is 1. The third-order valence-electron chi connectivity index (χ3n) is 1.51. The van der Waals surface area contributed by atoms with Gasteiger partial charge in [0, 0.05) is 0 Å². The van der Waals surface area contributed by atoms with Gasteiger partial charge in [-0.1, -0.05) is 4.68 Å². The fourth-order valence-corrected chi connectivity index (χ4v) is 0.719. The molecule has 0 amide bonds. The summed E-state index contributed by atoms with van der Waals surface area (Å²) in [5, 5.41) is 7.92. The van der Waals surface area contributed by atoms with Crippen LogP contribution >= 0.6 is 0 Å². The van der Waals surface area contributed by atoms with Gasteiger partial charge in [0.15, 0.2) is 5.21 Å². The maximum atomic E-state index is 8.49. The second-order valence-electron chi connectivity index (χ2n) is 3.94. The van der Waals surface area contributed by atoms with Crippen LogP contribution < -0.4 is 23.3 Å². The summed E-state index contributed by atoms with van der Waals surface area (Å²) in [7, 11) is -4.94. The zero-order valence-corrected chi connectivity index (χ0v) is 10.3. The van der Waals surface area contributed by atoms with Crippen LogP contribution in [0.5, 0.6) is 0 Å². The minimum atomic E-state index is -4.94. The molecule has 0 spiro atoms. The lowest BCUT2D eigenvalue weighted by atomic mass is 10.1. The molecule has 1 heterocycles. The van der Waals surface area contributed by atoms with Gasteiger partial charge in [0.25, 0.3) is 0 Å². The van der Waals surface area contributed by atoms with E-state index < -0.39 is 10.2 Å². The summed E-state index contributed by atoms with van der Waals surface area (Å²) >= 11 is 0. The molecule has 0 aliphatic rings. The number of nitrogens with zero attached hydrogens (tertiary/aromatic N) is 4. The molecule has 94 valence electrons. The van der Waals surface area contributed by atoms with Crippen LogP contribution in [-0.4, -0.2) is 15.1 Å². The number of hydrogen-bond donors (Lipinski definition) is 0. The topological polar surface area (TPSA) is 127 Å². The molecule has 1 aromatic rings. The zero-order chi connectivity index (χ0) is 13.0. The quantitative estimate of drug-likeness (QED) is 0.466. The van der Waals surface area contributed by atoms with E-state index in [0.29, 0.717) is 0 Å². The summed E-state index contributed by atoms with van der Waals surface area (Å²) in [6, 6.07) is 0. The summed E-state index contributed by atoms with van der Waals surface area (Å²) in [6.07, 6.45) is 1.92. The Bertz CT molecular complexity index is 311. The van der Waals surface area contributed by atoms with Gasteiger partial charge in [-0.15, -0.1) is 14.9 Å². The number of halogens is 1. The number of rotatable bonds is 1. The van der Waals surface area contributed by atoms with Gasteiger partial charge in [0.1, 0.15) is 10.8 Å². The van der Waals surface area contributed by atoms with Crippen molar-refractivity contribution in [3.05, 3.63) is 6.33 Å². The van der Waals surface area contributed by atoms with E-state index in [9.17, 15) is 0 Å². The van der Waals surface area contributed by atoms with Crippen LogP contribution in [-0.2, 0) is 12.1 Å². The molecule has 8 nitrogen and oxygen atoms in total. The van der Waals surface area contributed by atoms with Crippen LogP contribution in [0.25, 0.3) is 0 Å². The lowest BCUT2D eigenvalue weighted by Gasteiger charge is -2.17. The Balaban J connectivity index is 0.000000385. The summed E-state index contributed by atoms with van der Waals surface area (Å²) < 4.78 is 37.6. The molecule has 0 aromatic carbocycles. The number of aromatic nitrogens is 4. The van der Waals surface area contributed by atoms with Gasteiger partial charge >= 0.3 is 0 Å². The Morgan fingerprint density at radius 3 is 1.88 bits per heavy atom. The normalized spacial score (nSPS) is 12.0. The van der Waals surface area contributed by atoms with E-state index in [1.807, 2.05) is 22.6 Å². The molecule has 9 heteroatoms. The lowest BCUT2D eigenvalue weighted by molar-refractivity contribution is -2.00. The minimum Gasteiger partial charge on any atom is -0.222 e. The predicted octanol–water partition coefficient (Wildman–Crippen LogP) is -4.42. The van der Waals surface area contributed by atoms with Crippen molar-refractivity contribution < 1.29 is 33.6 Å². The molecule has 0 atom stereocenters. The lowest BCUT2D eigenvalue weighted by Crippen LogP contribution is -2.68. The zero-order valence-electron chi connectivity index (χ0n) is 9.58. The smallest absolute Gasteiger partial charge is 0.222 e. The van der Waals surface area contributed by atoms with Gasteiger partial charge in [-0.05, 0) is 27.7 Å². The molecule has 0 aliphatic heterocycles. The van der Waals surface area contributed by atoms with Crippen molar-refractivity contribution >= 4 is 0 Å². The molecule has 0 aliphatic carbocycles. The molecule has 0 radical (unpaired) electrons. The summed E-state index contributed by atoms with van der Waals surface area (Å²) in [4.78, 5) is 0. The number of hydrogen-bond acceptors (Lipinski definition) is 6. The highest BCUT2D eigenvalue weighted by atomic mass is 35.7. The highest BCUT2D eigenvalue weighted by Crippen LogP contribution is 2.08. The third kappa shape index (κ3) is 7.49. The molecule has 0 saturated carbocycles. The molecular weight excluding hydrogens is 240 g/mol. The van der Waals surface area contributed by atoms with Crippen molar-refractivity contribution in [1.29, 1.82) is 0 Å². The third-order valence-corrected chi connectivity index (χ3v) is 1.51. The van der Waals surface area contributed by atoms with Crippen molar-refractivity contribution in [3.63, 3.8) is 0 Å². The molecule has 0 fully saturated rings. The largest absolute Gasteiger partial charge is 0.245 e. The molecule has 0 saturated heterocycles. The van der Waals surface area contributed by atoms with E-state index in [-0.39, 0.29) is 5.54 Å². The first-order valence-corrected chi connectivity index (χ1v) is 5.71. The van der Waals surface area contributed by atoms with Gasteiger partial charge in [-0.2, -0.15) is 0 Å². The van der Waals surface area contributed by atoms with Crippen LogP contribution in [0.1, 0.15) is 27.7 Å². The van der Waals surface area contributed by atoms with E-state index in [2.05, 4.69) is 31.2 Å². The van der Waals surface area contributed by atoms with Crippen molar-refractivity contribution in [3.8, 4) is 0 Å². The first-order chi connectivity index (χ1) is 7.04. The standard InChI is InChI=1S/C7H15N4.ClHO4/c1-5-10-6-11(9-8-10)7(2,3)4;2-1(3,4)5/h6H,5H2,1-4H3;(H,2,3,4,5)/q+1;/p-1. The SMILES string of the molecule is CC[n+]1cn(C(C)(C)C)nn1.[O-][Cl+3]([O-])([O-])[O-]. The Labute approximate surface area is 95.5 Å². The van der Waals surface area contributed by atoms with E-state index in [1.54, 1.807) is 0 Å². The Hall–Kier alpha value is -0.800. The Kier molecular flexibility index (Phi) is 5.23. The van der Waals surface area contributed by atoms with Gasteiger partial charge in [-0.3, -0.25) is 0 Å². The van der Waals surface area contributed by atoms with Gasteiger partial charge in [-0.25, -0.2) is 18.6 Å². The first-order valence-electron chi connectivity index (χ1n) is 4.48. The van der Waals surface area contributed by atoms with Crippen LogP contribution in [0.2, 0.25) is 0 Å². The Morgan fingerprint density at radius 2 is 1.69 bits per heavy atom. The average Bonchev–Trinajstić information content (AvgIpc) is 2.46. The van der Waals surface area contributed by atoms with E-state index in [0.717, 1.165) is 6.54 Å². The second-order valence-corrected chi connectivity index (χ2v) is 4.70. The highest BCUT2D eigenvalue weighted by Gasteiger charge is 2.21. The monoisotopic (exact) mass is 254 g/mol. The molecule has 1 aromatic heterocycles. The molecular formula is C7H15ClN4O4. The Morgan fingerprint density at radius 1 is 1.25 bits per heavy atom. The minimum absolute atomic E-state index is 0.0351. The maximum Gasteiger partial charge on any atom is 0.245 e. The number of tetrazole rings is 1. The second kappa shape index (κ2) is 5.51. The van der Waals surface area contributed by atoms with Crippen LogP contribution in [0, 0.1) is 10.2 Å². The average molecular weight is 255 g/mol. The van der Waals surface area contributed by atoms with Crippen molar-refractivity contribution in [2.24, 2.45) is 0 Å². The van der Waals surface area contributed by atoms with E-state index in [1.165, 1.54) is 0 Å². The molecule has 0 bridgehead atoms. The summed E-state index contributed by atoms with van der Waals surface area (Å²) in [6.45, 7) is 9.21. The van der Waals surface area contributed by atoms with Crippen molar-refractivity contribution in [1.82, 2.24) is 15.1 Å². The van der Waals surface area contributed by atoms with Crippen LogP contribution in [0.15, 0.2) is 6.33 Å². The molecule has 1 rings (SSSR count). The van der Waals surface area contributed by atoms with Crippen molar-refractivity contribution in [2.75, 3.05) is 0 Å². The van der Waals surface area contributed by atoms with Gasteiger partial charge < -0.3 is 0 Å². The molecule has 0 unspecified atom stereocenters. The van der Waals surface area contributed by atoms with Crippen LogP contribution in [0.3, 0.4) is 0 Å². The highest BCUT2D eigenvalue weighted by molar-refractivity contribution is 4.65. The molecule has 0 N–H and O–H groups in total. The first kappa shape index (κ1) is 15.2. The van der Waals surface area contributed by atoms with Crippen molar-refractivity contribution in [2.45, 2.75) is 39.8 Å².